The molecule has 28 heavy (non-hydrogen) atoms. The third-order valence-corrected chi connectivity index (χ3v) is 8.17. The molecule has 2 amide bonds. The van der Waals surface area contributed by atoms with Gasteiger partial charge in [-0.25, -0.2) is 18.0 Å². The van der Waals surface area contributed by atoms with E-state index in [0.717, 1.165) is 62.7 Å². The van der Waals surface area contributed by atoms with Gasteiger partial charge in [-0.05, 0) is 43.9 Å². The fourth-order valence-electron chi connectivity index (χ4n) is 4.82. The summed E-state index contributed by atoms with van der Waals surface area (Å²) in [6, 6.07) is 4.18. The molecule has 0 bridgehead atoms. The Balaban J connectivity index is 1.58. The summed E-state index contributed by atoms with van der Waals surface area (Å²) in [5.74, 6) is -0.461. The lowest BCUT2D eigenvalue weighted by molar-refractivity contribution is -0.125. The number of anilines is 1. The Morgan fingerprint density at radius 1 is 1.04 bits per heavy atom. The number of amides is 2. The van der Waals surface area contributed by atoms with Crippen LogP contribution in [0.15, 0.2) is 23.1 Å². The first kappa shape index (κ1) is 19.9. The predicted molar refractivity (Wildman–Crippen MR) is 107 cm³/mol. The van der Waals surface area contributed by atoms with Gasteiger partial charge in [0.25, 0.3) is 0 Å². The molecule has 0 unspecified atom stereocenters. The Hall–Kier alpha value is -1.44. The molecule has 4 rings (SSSR count). The average Bonchev–Trinajstić information content (AvgIpc) is 3.21. The molecule has 1 N–H and O–H groups in total. The Kier molecular flexibility index (Phi) is 5.27. The van der Waals surface area contributed by atoms with Crippen molar-refractivity contribution in [1.29, 1.82) is 0 Å². The monoisotopic (exact) mass is 424 g/mol. The maximum absolute atomic E-state index is 13.0. The Morgan fingerprint density at radius 2 is 1.71 bits per heavy atom. The molecule has 8 heteroatoms. The van der Waals surface area contributed by atoms with E-state index in [1.54, 1.807) is 0 Å². The van der Waals surface area contributed by atoms with Crippen LogP contribution in [0.25, 0.3) is 0 Å². The van der Waals surface area contributed by atoms with Crippen molar-refractivity contribution in [3.05, 3.63) is 23.2 Å². The van der Waals surface area contributed by atoms with Crippen molar-refractivity contribution in [2.24, 2.45) is 5.41 Å². The molecular weight excluding hydrogens is 400 g/mol. The number of hydrogen-bond donors (Lipinski definition) is 1. The Morgan fingerprint density at radius 3 is 2.36 bits per heavy atom. The molecule has 152 valence electrons. The van der Waals surface area contributed by atoms with E-state index >= 15 is 0 Å². The van der Waals surface area contributed by atoms with Crippen LogP contribution in [0.1, 0.15) is 64.2 Å². The predicted octanol–water partition coefficient (Wildman–Crippen LogP) is 3.77. The lowest BCUT2D eigenvalue weighted by Gasteiger charge is -2.23. The van der Waals surface area contributed by atoms with Crippen molar-refractivity contribution < 1.29 is 18.0 Å². The Labute approximate surface area is 170 Å². The molecular formula is C20H25ClN2O4S. The first-order valence-electron chi connectivity index (χ1n) is 10.0. The summed E-state index contributed by atoms with van der Waals surface area (Å²) in [5, 5.41) is 0.100. The lowest BCUT2D eigenvalue weighted by atomic mass is 9.84. The third-order valence-electron chi connectivity index (χ3n) is 6.35. The van der Waals surface area contributed by atoms with Crippen LogP contribution in [0.2, 0.25) is 5.02 Å². The number of imide groups is 1. The van der Waals surface area contributed by atoms with Crippen LogP contribution >= 0.6 is 11.6 Å². The number of benzene rings is 1. The highest BCUT2D eigenvalue weighted by atomic mass is 35.5. The number of halogens is 1. The minimum Gasteiger partial charge on any atom is -0.274 e. The number of carbonyl (C=O) groups excluding carboxylic acids is 2. The number of carbonyl (C=O) groups is 2. The smallest absolute Gasteiger partial charge is 0.240 e. The fourth-order valence-corrected chi connectivity index (χ4v) is 6.49. The van der Waals surface area contributed by atoms with Gasteiger partial charge in [-0.3, -0.25) is 9.59 Å². The van der Waals surface area contributed by atoms with Gasteiger partial charge in [0, 0.05) is 12.5 Å². The second-order valence-electron chi connectivity index (χ2n) is 8.27. The van der Waals surface area contributed by atoms with Crippen LogP contribution in [0.4, 0.5) is 5.69 Å². The van der Waals surface area contributed by atoms with E-state index in [1.165, 1.54) is 18.2 Å². The van der Waals surface area contributed by atoms with Crippen molar-refractivity contribution in [3.8, 4) is 0 Å². The van der Waals surface area contributed by atoms with Gasteiger partial charge in [-0.15, -0.1) is 0 Å². The quantitative estimate of drug-likeness (QED) is 0.745. The molecule has 0 atom stereocenters. The van der Waals surface area contributed by atoms with Crippen molar-refractivity contribution in [2.75, 3.05) is 4.90 Å². The topological polar surface area (TPSA) is 83.6 Å². The van der Waals surface area contributed by atoms with Gasteiger partial charge in [0.2, 0.25) is 21.8 Å². The highest BCUT2D eigenvalue weighted by Gasteiger charge is 2.53. The molecule has 1 aromatic rings. The summed E-state index contributed by atoms with van der Waals surface area (Å²) in [6.07, 6.45) is 8.42. The zero-order chi connectivity index (χ0) is 19.9. The molecule has 2 aliphatic carbocycles. The van der Waals surface area contributed by atoms with Crippen LogP contribution in [0.3, 0.4) is 0 Å². The highest BCUT2D eigenvalue weighted by molar-refractivity contribution is 7.89. The number of nitrogens with one attached hydrogen (secondary N) is 1. The van der Waals surface area contributed by atoms with Gasteiger partial charge >= 0.3 is 0 Å². The summed E-state index contributed by atoms with van der Waals surface area (Å²) < 4.78 is 28.2. The van der Waals surface area contributed by atoms with Crippen molar-refractivity contribution in [2.45, 2.75) is 75.1 Å². The summed E-state index contributed by atoms with van der Waals surface area (Å²) in [4.78, 5) is 26.7. The van der Waals surface area contributed by atoms with Gasteiger partial charge in [0.1, 0.15) is 0 Å². The van der Waals surface area contributed by atoms with Gasteiger partial charge in [-0.1, -0.05) is 43.7 Å². The first-order chi connectivity index (χ1) is 13.3. The van der Waals surface area contributed by atoms with Gasteiger partial charge in [0.15, 0.2) is 0 Å². The highest BCUT2D eigenvalue weighted by Crippen LogP contribution is 2.48. The minimum atomic E-state index is -3.69. The Bertz CT molecular complexity index is 903. The SMILES string of the molecule is O=C1CC2(CCCC2)C(=O)N1c1ccc(S(=O)(=O)NC2CCCCC2)cc1Cl. The summed E-state index contributed by atoms with van der Waals surface area (Å²) in [6.45, 7) is 0. The molecule has 3 fully saturated rings. The van der Waals surface area contributed by atoms with E-state index in [4.69, 9.17) is 11.6 Å². The standard InChI is InChI=1S/C20H25ClN2O4S/c21-16-12-15(28(26,27)22-14-6-2-1-3-7-14)8-9-17(16)23-18(24)13-20(19(23)25)10-4-5-11-20/h8-9,12,14,22H,1-7,10-11,13H2. The average molecular weight is 425 g/mol. The van der Waals surface area contributed by atoms with E-state index in [0.29, 0.717) is 0 Å². The molecule has 0 aromatic heterocycles. The largest absolute Gasteiger partial charge is 0.274 e. The second kappa shape index (κ2) is 7.43. The molecule has 6 nitrogen and oxygen atoms in total. The van der Waals surface area contributed by atoms with Crippen LogP contribution in [-0.4, -0.2) is 26.3 Å². The number of rotatable bonds is 4. The fraction of sp³-hybridized carbons (Fsp3) is 0.600. The van der Waals surface area contributed by atoms with E-state index in [9.17, 15) is 18.0 Å². The summed E-state index contributed by atoms with van der Waals surface area (Å²) in [7, 11) is -3.69. The van der Waals surface area contributed by atoms with Gasteiger partial charge in [0.05, 0.1) is 21.0 Å². The summed E-state index contributed by atoms with van der Waals surface area (Å²) in [5.41, 5.74) is -0.315. The third kappa shape index (κ3) is 3.48. The zero-order valence-electron chi connectivity index (χ0n) is 15.7. The van der Waals surface area contributed by atoms with E-state index in [1.807, 2.05) is 0 Å². The van der Waals surface area contributed by atoms with Gasteiger partial charge in [-0.2, -0.15) is 0 Å². The molecule has 2 saturated carbocycles. The van der Waals surface area contributed by atoms with Gasteiger partial charge < -0.3 is 0 Å². The lowest BCUT2D eigenvalue weighted by Crippen LogP contribution is -2.36. The molecule has 1 heterocycles. The second-order valence-corrected chi connectivity index (χ2v) is 10.4. The first-order valence-corrected chi connectivity index (χ1v) is 11.9. The maximum atomic E-state index is 13.0. The molecule has 1 saturated heterocycles. The number of nitrogens with zero attached hydrogens (tertiary/aromatic N) is 1. The molecule has 1 aliphatic heterocycles. The normalized spacial score (nSPS) is 23.1. The summed E-state index contributed by atoms with van der Waals surface area (Å²) >= 11 is 6.35. The van der Waals surface area contributed by atoms with Crippen LogP contribution < -0.4 is 9.62 Å². The maximum Gasteiger partial charge on any atom is 0.240 e. The number of hydrogen-bond acceptors (Lipinski definition) is 4. The van der Waals surface area contributed by atoms with E-state index in [-0.39, 0.29) is 39.9 Å². The zero-order valence-corrected chi connectivity index (χ0v) is 17.3. The van der Waals surface area contributed by atoms with Crippen LogP contribution in [0, 0.1) is 5.41 Å². The molecule has 0 radical (unpaired) electrons. The van der Waals surface area contributed by atoms with Crippen LogP contribution in [0.5, 0.6) is 0 Å². The molecule has 1 aromatic carbocycles. The molecule has 3 aliphatic rings. The van der Waals surface area contributed by atoms with E-state index < -0.39 is 15.4 Å². The molecule has 1 spiro atoms. The minimum absolute atomic E-state index is 0.0545. The van der Waals surface area contributed by atoms with Crippen LogP contribution in [-0.2, 0) is 19.6 Å². The van der Waals surface area contributed by atoms with E-state index in [2.05, 4.69) is 4.72 Å². The van der Waals surface area contributed by atoms with Crippen molar-refractivity contribution in [1.82, 2.24) is 4.72 Å². The number of sulfonamides is 1. The van der Waals surface area contributed by atoms with Crippen molar-refractivity contribution in [3.63, 3.8) is 0 Å². The van der Waals surface area contributed by atoms with Crippen molar-refractivity contribution >= 4 is 39.1 Å².